The van der Waals surface area contributed by atoms with Gasteiger partial charge >= 0.3 is 0 Å². The lowest BCUT2D eigenvalue weighted by Crippen LogP contribution is -2.37. The Hall–Kier alpha value is -3.48. The largest absolute Gasteiger partial charge is 0.493 e. The van der Waals surface area contributed by atoms with Gasteiger partial charge in [0.1, 0.15) is 12.4 Å². The van der Waals surface area contributed by atoms with E-state index in [9.17, 15) is 9.59 Å². The average molecular weight is 384 g/mol. The first-order chi connectivity index (χ1) is 13.5. The number of furan rings is 1. The fourth-order valence-corrected chi connectivity index (χ4v) is 2.30. The number of amides is 2. The minimum atomic E-state index is -0.293. The van der Waals surface area contributed by atoms with Gasteiger partial charge in [0, 0.05) is 13.1 Å². The molecule has 28 heavy (non-hydrogen) atoms. The summed E-state index contributed by atoms with van der Waals surface area (Å²) < 4.78 is 15.9. The van der Waals surface area contributed by atoms with Crippen LogP contribution in [0, 0.1) is 0 Å². The Labute approximate surface area is 164 Å². The van der Waals surface area contributed by atoms with Crippen LogP contribution in [-0.4, -0.2) is 44.0 Å². The predicted octanol–water partition coefficient (Wildman–Crippen LogP) is 2.64. The second-order valence-electron chi connectivity index (χ2n) is 5.89. The first-order valence-electron chi connectivity index (χ1n) is 8.67. The highest BCUT2D eigenvalue weighted by atomic mass is 16.5. The Balaban J connectivity index is 1.88. The molecule has 7 nitrogen and oxygen atoms in total. The molecule has 2 rings (SSSR count). The molecule has 0 saturated heterocycles. The van der Waals surface area contributed by atoms with Crippen molar-refractivity contribution >= 4 is 17.9 Å². The Morgan fingerprint density at radius 1 is 1.29 bits per heavy atom. The smallest absolute Gasteiger partial charge is 0.246 e. The maximum absolute atomic E-state index is 12.2. The van der Waals surface area contributed by atoms with Crippen molar-refractivity contribution in [2.24, 2.45) is 0 Å². The fraction of sp³-hybridized carbons (Fsp3) is 0.238. The van der Waals surface area contributed by atoms with Gasteiger partial charge in [-0.1, -0.05) is 18.7 Å². The van der Waals surface area contributed by atoms with Crippen molar-refractivity contribution < 1.29 is 23.5 Å². The molecule has 0 unspecified atom stereocenters. The number of nitrogens with one attached hydrogen (secondary N) is 1. The molecule has 1 heterocycles. The summed E-state index contributed by atoms with van der Waals surface area (Å²) in [4.78, 5) is 25.5. The number of nitrogens with zero attached hydrogens (tertiary/aromatic N) is 1. The Kier molecular flexibility index (Phi) is 7.90. The van der Waals surface area contributed by atoms with Crippen LogP contribution >= 0.6 is 0 Å². The van der Waals surface area contributed by atoms with Gasteiger partial charge in [-0.15, -0.1) is 0 Å². The molecule has 0 spiro atoms. The van der Waals surface area contributed by atoms with Crippen molar-refractivity contribution in [2.45, 2.75) is 6.54 Å². The van der Waals surface area contributed by atoms with Crippen LogP contribution in [0.2, 0.25) is 0 Å². The van der Waals surface area contributed by atoms with Gasteiger partial charge in [0.05, 0.1) is 26.5 Å². The number of likely N-dealkylation sites (N-methyl/N-ethyl adjacent to an activating group) is 1. The molecule has 0 atom stereocenters. The van der Waals surface area contributed by atoms with Gasteiger partial charge < -0.3 is 24.1 Å². The fourth-order valence-electron chi connectivity index (χ4n) is 2.30. The molecule has 0 radical (unpaired) electrons. The molecule has 0 aliphatic heterocycles. The van der Waals surface area contributed by atoms with E-state index >= 15 is 0 Å². The van der Waals surface area contributed by atoms with E-state index in [4.69, 9.17) is 13.9 Å². The third-order valence-electron chi connectivity index (χ3n) is 3.76. The van der Waals surface area contributed by atoms with Crippen LogP contribution in [0.3, 0.4) is 0 Å². The summed E-state index contributed by atoms with van der Waals surface area (Å²) in [5, 5.41) is 2.69. The van der Waals surface area contributed by atoms with Gasteiger partial charge in [-0.05, 0) is 35.9 Å². The lowest BCUT2D eigenvalue weighted by Gasteiger charge is -2.14. The topological polar surface area (TPSA) is 81.0 Å². The van der Waals surface area contributed by atoms with Crippen molar-refractivity contribution in [1.29, 1.82) is 0 Å². The molecule has 1 N–H and O–H groups in total. The standard InChI is InChI=1S/C21H24N2O5/c1-4-11-28-18-9-7-16(13-19(18)26-3)8-10-21(25)23(2)15-20(24)22-14-17-6-5-12-27-17/h4-10,12-13H,1,11,14-15H2,2-3H3,(H,22,24)/b10-8+. The average Bonchev–Trinajstić information content (AvgIpc) is 3.22. The van der Waals surface area contributed by atoms with E-state index in [1.165, 1.54) is 17.2 Å². The molecular formula is C21H24N2O5. The zero-order valence-corrected chi connectivity index (χ0v) is 16.0. The number of hydrogen-bond acceptors (Lipinski definition) is 5. The molecule has 0 fully saturated rings. The SMILES string of the molecule is C=CCOc1ccc(/C=C/C(=O)N(C)CC(=O)NCc2ccco2)cc1OC. The summed E-state index contributed by atoms with van der Waals surface area (Å²) in [6, 6.07) is 8.84. The summed E-state index contributed by atoms with van der Waals surface area (Å²) in [7, 11) is 3.11. The molecule has 7 heteroatoms. The van der Waals surface area contributed by atoms with Gasteiger partial charge in [-0.3, -0.25) is 9.59 Å². The van der Waals surface area contributed by atoms with E-state index < -0.39 is 0 Å². The lowest BCUT2D eigenvalue weighted by molar-refractivity contribution is -0.131. The molecule has 0 saturated carbocycles. The molecule has 148 valence electrons. The van der Waals surface area contributed by atoms with Gasteiger partial charge in [0.25, 0.3) is 0 Å². The summed E-state index contributed by atoms with van der Waals surface area (Å²) >= 11 is 0. The van der Waals surface area contributed by atoms with Crippen LogP contribution in [0.1, 0.15) is 11.3 Å². The number of methoxy groups -OCH3 is 1. The van der Waals surface area contributed by atoms with Crippen LogP contribution in [0.4, 0.5) is 0 Å². The van der Waals surface area contributed by atoms with Gasteiger partial charge in [-0.25, -0.2) is 0 Å². The molecular weight excluding hydrogens is 360 g/mol. The highest BCUT2D eigenvalue weighted by Gasteiger charge is 2.11. The second kappa shape index (κ2) is 10.6. The lowest BCUT2D eigenvalue weighted by atomic mass is 10.2. The number of carbonyl (C=O) groups excluding carboxylic acids is 2. The van der Waals surface area contributed by atoms with E-state index in [-0.39, 0.29) is 24.9 Å². The number of ether oxygens (including phenoxy) is 2. The number of hydrogen-bond donors (Lipinski definition) is 1. The highest BCUT2D eigenvalue weighted by molar-refractivity contribution is 5.94. The van der Waals surface area contributed by atoms with Crippen LogP contribution < -0.4 is 14.8 Å². The number of rotatable bonds is 10. The zero-order valence-electron chi connectivity index (χ0n) is 16.0. The second-order valence-corrected chi connectivity index (χ2v) is 5.89. The van der Waals surface area contributed by atoms with Crippen LogP contribution in [0.25, 0.3) is 6.08 Å². The Morgan fingerprint density at radius 2 is 2.11 bits per heavy atom. The normalized spacial score (nSPS) is 10.5. The van der Waals surface area contributed by atoms with E-state index in [0.29, 0.717) is 23.9 Å². The van der Waals surface area contributed by atoms with Crippen LogP contribution in [0.5, 0.6) is 11.5 Å². The van der Waals surface area contributed by atoms with Crippen molar-refractivity contribution in [3.05, 3.63) is 66.6 Å². The molecule has 2 aromatic rings. The summed E-state index contributed by atoms with van der Waals surface area (Å²) in [6.07, 6.45) is 6.24. The third-order valence-corrected chi connectivity index (χ3v) is 3.76. The Morgan fingerprint density at radius 3 is 2.79 bits per heavy atom. The van der Waals surface area contributed by atoms with Crippen molar-refractivity contribution in [2.75, 3.05) is 27.3 Å². The van der Waals surface area contributed by atoms with E-state index in [1.807, 2.05) is 0 Å². The number of carbonyl (C=O) groups is 2. The first-order valence-corrected chi connectivity index (χ1v) is 8.67. The molecule has 1 aromatic carbocycles. The minimum absolute atomic E-state index is 0.0540. The highest BCUT2D eigenvalue weighted by Crippen LogP contribution is 2.28. The summed E-state index contributed by atoms with van der Waals surface area (Å²) in [5.74, 6) is 1.24. The molecule has 1 aromatic heterocycles. The van der Waals surface area contributed by atoms with Gasteiger partial charge in [0.15, 0.2) is 11.5 Å². The quantitative estimate of drug-likeness (QED) is 0.503. The summed E-state index contributed by atoms with van der Waals surface area (Å²) in [5.41, 5.74) is 0.770. The predicted molar refractivity (Wildman–Crippen MR) is 106 cm³/mol. The molecule has 0 aliphatic rings. The van der Waals surface area contributed by atoms with Gasteiger partial charge in [0.2, 0.25) is 11.8 Å². The van der Waals surface area contributed by atoms with E-state index in [2.05, 4.69) is 11.9 Å². The van der Waals surface area contributed by atoms with Gasteiger partial charge in [-0.2, -0.15) is 0 Å². The minimum Gasteiger partial charge on any atom is -0.493 e. The third kappa shape index (κ3) is 6.35. The summed E-state index contributed by atoms with van der Waals surface area (Å²) in [6.45, 7) is 4.21. The van der Waals surface area contributed by atoms with Crippen molar-refractivity contribution in [3.8, 4) is 11.5 Å². The molecule has 0 bridgehead atoms. The first kappa shape index (κ1) is 20.8. The molecule has 0 aliphatic carbocycles. The zero-order chi connectivity index (χ0) is 20.4. The van der Waals surface area contributed by atoms with Crippen molar-refractivity contribution in [1.82, 2.24) is 10.2 Å². The monoisotopic (exact) mass is 384 g/mol. The number of benzene rings is 1. The molecule has 2 amide bonds. The Bertz CT molecular complexity index is 827. The maximum Gasteiger partial charge on any atom is 0.246 e. The van der Waals surface area contributed by atoms with Crippen molar-refractivity contribution in [3.63, 3.8) is 0 Å². The van der Waals surface area contributed by atoms with E-state index in [1.54, 1.807) is 56.6 Å². The maximum atomic E-state index is 12.2. The van der Waals surface area contributed by atoms with E-state index in [0.717, 1.165) is 5.56 Å². The van der Waals surface area contributed by atoms with Crippen LogP contribution in [0.15, 0.2) is 59.7 Å². The van der Waals surface area contributed by atoms with Crippen LogP contribution in [-0.2, 0) is 16.1 Å².